The molecule has 0 heterocycles. The van der Waals surface area contributed by atoms with E-state index in [4.69, 9.17) is 16.3 Å². The first kappa shape index (κ1) is 17.8. The van der Waals surface area contributed by atoms with Gasteiger partial charge in [0, 0.05) is 20.1 Å². The van der Waals surface area contributed by atoms with E-state index in [9.17, 15) is 4.79 Å². The Labute approximate surface area is 120 Å². The molecule has 0 radical (unpaired) electrons. The number of ether oxygens (including phenoxy) is 1. The van der Waals surface area contributed by atoms with Gasteiger partial charge in [-0.1, -0.05) is 6.58 Å². The van der Waals surface area contributed by atoms with Crippen LogP contribution in [0, 0.1) is 0 Å². The summed E-state index contributed by atoms with van der Waals surface area (Å²) in [6.45, 7) is 13.1. The van der Waals surface area contributed by atoms with Crippen molar-refractivity contribution in [3.05, 3.63) is 12.4 Å². The maximum absolute atomic E-state index is 11.8. The summed E-state index contributed by atoms with van der Waals surface area (Å²) in [5.74, 6) is 0.228. The number of rotatable bonds is 3. The van der Waals surface area contributed by atoms with Gasteiger partial charge in [-0.25, -0.2) is 9.79 Å². The van der Waals surface area contributed by atoms with Crippen molar-refractivity contribution in [3.8, 4) is 0 Å². The lowest BCUT2D eigenvalue weighted by molar-refractivity contribution is 0.0352. The van der Waals surface area contributed by atoms with E-state index in [1.54, 1.807) is 32.7 Å². The normalized spacial score (nSPS) is 12.4. The van der Waals surface area contributed by atoms with E-state index >= 15 is 0 Å². The molecule has 0 aliphatic rings. The lowest BCUT2D eigenvalue weighted by atomic mass is 10.2. The summed E-state index contributed by atoms with van der Waals surface area (Å²) in [4.78, 5) is 18.9. The summed E-state index contributed by atoms with van der Waals surface area (Å²) in [6.07, 6.45) is -0.516. The minimum absolute atomic E-state index is 0.205. The zero-order valence-electron chi connectivity index (χ0n) is 12.8. The Bertz CT molecular complexity index is 373. The number of aliphatic imine (C=N–C) groups is 1. The van der Waals surface area contributed by atoms with Gasteiger partial charge in [0.25, 0.3) is 0 Å². The molecule has 0 fully saturated rings. The van der Waals surface area contributed by atoms with Gasteiger partial charge in [0.2, 0.25) is 0 Å². The number of amides is 1. The van der Waals surface area contributed by atoms with Crippen molar-refractivity contribution in [3.63, 3.8) is 0 Å². The zero-order chi connectivity index (χ0) is 15.4. The van der Waals surface area contributed by atoms with Crippen molar-refractivity contribution in [2.24, 2.45) is 4.99 Å². The Morgan fingerprint density at radius 2 is 1.79 bits per heavy atom. The van der Waals surface area contributed by atoms with Crippen molar-refractivity contribution in [2.45, 2.75) is 46.3 Å². The summed E-state index contributed by atoms with van der Waals surface area (Å²) in [5, 5.41) is 0.274. The predicted molar refractivity (Wildman–Crippen MR) is 79.3 cm³/mol. The van der Waals surface area contributed by atoms with E-state index < -0.39 is 11.7 Å². The molecule has 0 unspecified atom stereocenters. The molecule has 5 nitrogen and oxygen atoms in total. The number of amidine groups is 1. The van der Waals surface area contributed by atoms with Gasteiger partial charge in [0.1, 0.15) is 11.4 Å². The highest BCUT2D eigenvalue weighted by Crippen LogP contribution is 2.13. The molecule has 0 aromatic carbocycles. The fourth-order valence-electron chi connectivity index (χ4n) is 0.909. The maximum atomic E-state index is 11.8. The molecule has 0 spiro atoms. The summed E-state index contributed by atoms with van der Waals surface area (Å²) >= 11 is 6.04. The van der Waals surface area contributed by atoms with Crippen LogP contribution in [-0.4, -0.2) is 46.9 Å². The minimum atomic E-state index is -0.562. The lowest BCUT2D eigenvalue weighted by Gasteiger charge is -2.25. The van der Waals surface area contributed by atoms with Crippen molar-refractivity contribution < 1.29 is 9.53 Å². The van der Waals surface area contributed by atoms with Crippen LogP contribution in [-0.2, 0) is 4.74 Å². The first-order chi connectivity index (χ1) is 8.45. The number of carbonyl (C=O) groups excluding carboxylic acids is 1. The van der Waals surface area contributed by atoms with E-state index in [0.717, 1.165) is 0 Å². The van der Waals surface area contributed by atoms with Gasteiger partial charge in [-0.3, -0.25) is 4.90 Å². The van der Waals surface area contributed by atoms with Crippen LogP contribution in [0.1, 0.15) is 34.6 Å². The van der Waals surface area contributed by atoms with Crippen LogP contribution in [0.5, 0.6) is 0 Å². The second kappa shape index (κ2) is 6.80. The third-order valence-electron chi connectivity index (χ3n) is 2.34. The van der Waals surface area contributed by atoms with Gasteiger partial charge in [0.05, 0.1) is 0 Å². The minimum Gasteiger partial charge on any atom is -0.443 e. The molecular formula is C13H24ClN3O2. The Kier molecular flexibility index (Phi) is 6.36. The second-order valence-corrected chi connectivity index (χ2v) is 5.88. The van der Waals surface area contributed by atoms with Crippen molar-refractivity contribution in [2.75, 3.05) is 14.1 Å². The first-order valence-corrected chi connectivity index (χ1v) is 6.46. The fourth-order valence-corrected chi connectivity index (χ4v) is 1.20. The predicted octanol–water partition coefficient (Wildman–Crippen LogP) is 3.26. The van der Waals surface area contributed by atoms with Crippen LogP contribution >= 0.6 is 11.6 Å². The van der Waals surface area contributed by atoms with E-state index in [0.29, 0.717) is 0 Å². The molecule has 0 saturated heterocycles. The van der Waals surface area contributed by atoms with Crippen LogP contribution in [0.25, 0.3) is 0 Å². The average Bonchev–Trinajstić information content (AvgIpc) is 2.23. The quantitative estimate of drug-likeness (QED) is 0.455. The maximum Gasteiger partial charge on any atom is 0.415 e. The molecule has 1 amide bonds. The number of carbonyl (C=O) groups is 1. The average molecular weight is 290 g/mol. The molecule has 0 N–H and O–H groups in total. The molecular weight excluding hydrogens is 266 g/mol. The number of hydrogen-bond donors (Lipinski definition) is 0. The van der Waals surface area contributed by atoms with Gasteiger partial charge in [-0.2, -0.15) is 0 Å². The van der Waals surface area contributed by atoms with Crippen LogP contribution in [0.4, 0.5) is 4.79 Å². The summed E-state index contributed by atoms with van der Waals surface area (Å²) in [5.41, 5.74) is -0.562. The molecule has 0 bridgehead atoms. The topological polar surface area (TPSA) is 45.1 Å². The molecule has 0 aromatic rings. The fraction of sp³-hybridized carbons (Fsp3) is 0.692. The van der Waals surface area contributed by atoms with Gasteiger partial charge >= 0.3 is 6.09 Å². The standard InChI is InChI=1S/C13H24ClN3O2/c1-9(2)16(7)11(14)15-10(3)17(8)12(18)19-13(4,5)6/h9H,3H2,1-2,4-8H3/b15-11+. The van der Waals surface area contributed by atoms with Crippen LogP contribution in [0.2, 0.25) is 0 Å². The number of hydrogen-bond acceptors (Lipinski definition) is 3. The van der Waals surface area contributed by atoms with E-state index in [1.807, 2.05) is 20.9 Å². The highest BCUT2D eigenvalue weighted by molar-refractivity contribution is 6.64. The Morgan fingerprint density at radius 1 is 1.32 bits per heavy atom. The molecule has 6 heteroatoms. The third-order valence-corrected chi connectivity index (χ3v) is 2.69. The van der Waals surface area contributed by atoms with Gasteiger partial charge in [0.15, 0.2) is 5.29 Å². The van der Waals surface area contributed by atoms with Crippen molar-refractivity contribution in [1.29, 1.82) is 0 Å². The van der Waals surface area contributed by atoms with Crippen molar-refractivity contribution in [1.82, 2.24) is 9.80 Å². The smallest absolute Gasteiger partial charge is 0.415 e. The molecule has 0 aromatic heterocycles. The van der Waals surface area contributed by atoms with Crippen LogP contribution in [0.3, 0.4) is 0 Å². The molecule has 0 atom stereocenters. The SMILES string of the molecule is C=C(/N=C(\Cl)N(C)C(C)C)N(C)C(=O)OC(C)(C)C. The Hall–Kier alpha value is -1.23. The monoisotopic (exact) mass is 289 g/mol. The Morgan fingerprint density at radius 3 is 2.16 bits per heavy atom. The highest BCUT2D eigenvalue weighted by atomic mass is 35.5. The summed E-state index contributed by atoms with van der Waals surface area (Å²) in [7, 11) is 3.36. The number of nitrogens with zero attached hydrogens (tertiary/aromatic N) is 3. The Balaban J connectivity index is 4.75. The lowest BCUT2D eigenvalue weighted by Crippen LogP contribution is -2.34. The number of halogens is 1. The second-order valence-electron chi connectivity index (χ2n) is 5.54. The zero-order valence-corrected chi connectivity index (χ0v) is 13.6. The van der Waals surface area contributed by atoms with E-state index in [2.05, 4.69) is 11.6 Å². The molecule has 0 aliphatic carbocycles. The van der Waals surface area contributed by atoms with Crippen molar-refractivity contribution >= 4 is 23.0 Å². The third kappa shape index (κ3) is 6.47. The van der Waals surface area contributed by atoms with E-state index in [1.165, 1.54) is 4.90 Å². The van der Waals surface area contributed by atoms with Crippen LogP contribution in [0.15, 0.2) is 17.4 Å². The molecule has 19 heavy (non-hydrogen) atoms. The van der Waals surface area contributed by atoms with E-state index in [-0.39, 0.29) is 17.2 Å². The summed E-state index contributed by atoms with van der Waals surface area (Å²) in [6, 6.07) is 0.205. The highest BCUT2D eigenvalue weighted by Gasteiger charge is 2.21. The molecule has 110 valence electrons. The molecule has 0 aliphatic heterocycles. The van der Waals surface area contributed by atoms with Gasteiger partial charge < -0.3 is 9.64 Å². The first-order valence-electron chi connectivity index (χ1n) is 6.08. The molecule has 0 rings (SSSR count). The largest absolute Gasteiger partial charge is 0.443 e. The van der Waals surface area contributed by atoms with Gasteiger partial charge in [-0.15, -0.1) is 0 Å². The molecule has 0 saturated carbocycles. The van der Waals surface area contributed by atoms with Gasteiger partial charge in [-0.05, 0) is 46.2 Å². The summed E-state index contributed by atoms with van der Waals surface area (Å²) < 4.78 is 5.21. The van der Waals surface area contributed by atoms with Crippen LogP contribution < -0.4 is 0 Å².